The van der Waals surface area contributed by atoms with Gasteiger partial charge in [-0.3, -0.25) is 14.9 Å². The zero-order valence-corrected chi connectivity index (χ0v) is 18.0. The molecule has 1 saturated heterocycles. The quantitative estimate of drug-likeness (QED) is 0.559. The van der Waals surface area contributed by atoms with Gasteiger partial charge in [0.2, 0.25) is 10.0 Å². The van der Waals surface area contributed by atoms with Crippen LogP contribution >= 0.6 is 0 Å². The molecule has 164 valence electrons. The van der Waals surface area contributed by atoms with Gasteiger partial charge in [0.15, 0.2) is 0 Å². The molecule has 31 heavy (non-hydrogen) atoms. The lowest BCUT2D eigenvalue weighted by Gasteiger charge is -2.34. The number of piperazine rings is 1. The number of rotatable bonds is 5. The van der Waals surface area contributed by atoms with Gasteiger partial charge in [-0.2, -0.15) is 4.31 Å². The van der Waals surface area contributed by atoms with Gasteiger partial charge in [0.05, 0.1) is 9.82 Å². The zero-order valence-electron chi connectivity index (χ0n) is 17.2. The van der Waals surface area contributed by atoms with E-state index in [1.807, 2.05) is 6.07 Å². The van der Waals surface area contributed by atoms with E-state index in [0.29, 0.717) is 10.6 Å². The van der Waals surface area contributed by atoms with Crippen LogP contribution in [0.3, 0.4) is 0 Å². The number of benzene rings is 2. The molecule has 0 bridgehead atoms. The van der Waals surface area contributed by atoms with Gasteiger partial charge in [-0.1, -0.05) is 6.07 Å². The molecule has 0 atom stereocenters. The molecular formula is C21H24N4O5S. The molecule has 2 aliphatic rings. The lowest BCUT2D eigenvalue weighted by Crippen LogP contribution is -2.50. The summed E-state index contributed by atoms with van der Waals surface area (Å²) in [7, 11) is -2.05. The third-order valence-corrected chi connectivity index (χ3v) is 7.84. The normalized spacial score (nSPS) is 16.7. The van der Waals surface area contributed by atoms with Crippen molar-refractivity contribution in [3.63, 3.8) is 0 Å². The highest BCUT2D eigenvalue weighted by atomic mass is 32.2. The molecule has 0 spiro atoms. The van der Waals surface area contributed by atoms with Gasteiger partial charge in [0, 0.05) is 44.9 Å². The molecule has 1 fully saturated rings. The van der Waals surface area contributed by atoms with Crippen molar-refractivity contribution in [3.05, 3.63) is 63.2 Å². The Hall–Kier alpha value is -2.98. The van der Waals surface area contributed by atoms with E-state index in [0.717, 1.165) is 24.8 Å². The summed E-state index contributed by atoms with van der Waals surface area (Å²) in [5.74, 6) is -0.347. The second-order valence-electron chi connectivity index (χ2n) is 7.72. The number of nitrogens with one attached hydrogen (secondary N) is 1. The first-order valence-corrected chi connectivity index (χ1v) is 11.6. The Kier molecular flexibility index (Phi) is 5.67. The molecule has 1 heterocycles. The van der Waals surface area contributed by atoms with Crippen molar-refractivity contribution in [2.24, 2.45) is 0 Å². The molecule has 0 saturated carbocycles. The number of amides is 1. The van der Waals surface area contributed by atoms with Crippen molar-refractivity contribution in [2.75, 3.05) is 38.5 Å². The zero-order chi connectivity index (χ0) is 22.2. The van der Waals surface area contributed by atoms with Crippen molar-refractivity contribution in [1.29, 1.82) is 0 Å². The smallest absolute Gasteiger partial charge is 0.293 e. The van der Waals surface area contributed by atoms with E-state index in [2.05, 4.69) is 5.32 Å². The fraction of sp³-hybridized carbons (Fsp3) is 0.381. The van der Waals surface area contributed by atoms with Crippen LogP contribution in [0.4, 0.5) is 11.4 Å². The number of aryl methyl sites for hydroxylation is 2. The number of nitrogens with zero attached hydrogens (tertiary/aromatic N) is 3. The van der Waals surface area contributed by atoms with Gasteiger partial charge in [-0.05, 0) is 54.7 Å². The van der Waals surface area contributed by atoms with Gasteiger partial charge in [0.1, 0.15) is 5.69 Å². The van der Waals surface area contributed by atoms with Crippen LogP contribution in [0.25, 0.3) is 0 Å². The second-order valence-corrected chi connectivity index (χ2v) is 9.66. The summed E-state index contributed by atoms with van der Waals surface area (Å²) in [5, 5.41) is 14.0. The van der Waals surface area contributed by atoms with E-state index in [1.54, 1.807) is 19.2 Å². The molecular weight excluding hydrogens is 420 g/mol. The largest absolute Gasteiger partial charge is 0.383 e. The Morgan fingerprint density at radius 2 is 1.74 bits per heavy atom. The summed E-state index contributed by atoms with van der Waals surface area (Å²) >= 11 is 0. The topological polar surface area (TPSA) is 113 Å². The molecule has 1 aliphatic carbocycles. The third-order valence-electron chi connectivity index (χ3n) is 5.94. The minimum atomic E-state index is -3.63. The van der Waals surface area contributed by atoms with E-state index in [1.165, 1.54) is 33.0 Å². The van der Waals surface area contributed by atoms with E-state index in [-0.39, 0.29) is 43.3 Å². The number of nitro benzene ring substituents is 1. The molecule has 1 N–H and O–H groups in total. The average Bonchev–Trinajstić information content (AvgIpc) is 3.26. The Morgan fingerprint density at radius 3 is 2.42 bits per heavy atom. The van der Waals surface area contributed by atoms with Gasteiger partial charge in [-0.25, -0.2) is 8.42 Å². The Morgan fingerprint density at radius 1 is 1.03 bits per heavy atom. The maximum Gasteiger partial charge on any atom is 0.293 e. The molecule has 2 aromatic carbocycles. The predicted molar refractivity (Wildman–Crippen MR) is 116 cm³/mol. The Bertz CT molecular complexity index is 1140. The monoisotopic (exact) mass is 444 g/mol. The fourth-order valence-electron chi connectivity index (χ4n) is 4.20. The van der Waals surface area contributed by atoms with Crippen LogP contribution in [-0.4, -0.2) is 61.7 Å². The second kappa shape index (κ2) is 8.27. The summed E-state index contributed by atoms with van der Waals surface area (Å²) < 4.78 is 27.5. The third kappa shape index (κ3) is 4.00. The molecule has 1 aliphatic heterocycles. The van der Waals surface area contributed by atoms with Gasteiger partial charge in [0.25, 0.3) is 11.6 Å². The first-order valence-electron chi connectivity index (χ1n) is 10.2. The van der Waals surface area contributed by atoms with Gasteiger partial charge in [-0.15, -0.1) is 0 Å². The van der Waals surface area contributed by atoms with Crippen LogP contribution in [0.1, 0.15) is 27.9 Å². The van der Waals surface area contributed by atoms with Crippen LogP contribution in [0, 0.1) is 10.1 Å². The van der Waals surface area contributed by atoms with Gasteiger partial charge >= 0.3 is 0 Å². The Labute approximate surface area is 180 Å². The molecule has 0 aromatic heterocycles. The maximum absolute atomic E-state index is 13.1. The summed E-state index contributed by atoms with van der Waals surface area (Å²) in [6, 6.07) is 9.63. The van der Waals surface area contributed by atoms with Crippen LogP contribution in [0.2, 0.25) is 0 Å². The van der Waals surface area contributed by atoms with Crippen molar-refractivity contribution >= 4 is 27.3 Å². The van der Waals surface area contributed by atoms with Crippen molar-refractivity contribution in [3.8, 4) is 0 Å². The van der Waals surface area contributed by atoms with Crippen LogP contribution in [0.5, 0.6) is 0 Å². The highest BCUT2D eigenvalue weighted by molar-refractivity contribution is 7.89. The predicted octanol–water partition coefficient (Wildman–Crippen LogP) is 2.27. The van der Waals surface area contributed by atoms with Crippen molar-refractivity contribution in [1.82, 2.24) is 9.21 Å². The molecule has 1 amide bonds. The summed E-state index contributed by atoms with van der Waals surface area (Å²) in [5.41, 5.74) is 2.67. The molecule has 2 aromatic rings. The number of carbonyl (C=O) groups excluding carboxylic acids is 1. The summed E-state index contributed by atoms with van der Waals surface area (Å²) in [6.45, 7) is 0.818. The van der Waals surface area contributed by atoms with Crippen molar-refractivity contribution < 1.29 is 18.1 Å². The highest BCUT2D eigenvalue weighted by Gasteiger charge is 2.31. The number of anilines is 1. The van der Waals surface area contributed by atoms with E-state index >= 15 is 0 Å². The number of fused-ring (bicyclic) bond motifs is 1. The number of sulfonamides is 1. The number of nitro groups is 1. The van der Waals surface area contributed by atoms with E-state index in [9.17, 15) is 23.3 Å². The maximum atomic E-state index is 13.1. The first kappa shape index (κ1) is 21.3. The lowest BCUT2D eigenvalue weighted by molar-refractivity contribution is -0.384. The Balaban J connectivity index is 1.46. The lowest BCUT2D eigenvalue weighted by atomic mass is 10.1. The first-order chi connectivity index (χ1) is 14.8. The number of hydrogen-bond acceptors (Lipinski definition) is 6. The van der Waals surface area contributed by atoms with Gasteiger partial charge < -0.3 is 10.2 Å². The van der Waals surface area contributed by atoms with Crippen LogP contribution in [0.15, 0.2) is 41.3 Å². The highest BCUT2D eigenvalue weighted by Crippen LogP contribution is 2.28. The molecule has 4 rings (SSSR count). The van der Waals surface area contributed by atoms with E-state index in [4.69, 9.17) is 0 Å². The molecule has 0 unspecified atom stereocenters. The molecule has 9 nitrogen and oxygen atoms in total. The summed E-state index contributed by atoms with van der Waals surface area (Å²) in [4.78, 5) is 25.4. The minimum Gasteiger partial charge on any atom is -0.383 e. The summed E-state index contributed by atoms with van der Waals surface area (Å²) in [6.07, 6.45) is 2.94. The standard InChI is InChI=1S/C21H24N4O5S/c1-22-19-8-6-17(14-20(19)25(27)28)21(26)23-9-11-24(12-10-23)31(29,30)18-7-5-15-3-2-4-16(15)13-18/h5-8,13-14,22H,2-4,9-12H2,1H3. The minimum absolute atomic E-state index is 0.175. The molecule has 0 radical (unpaired) electrons. The number of hydrogen-bond donors (Lipinski definition) is 1. The van der Waals surface area contributed by atoms with Crippen molar-refractivity contribution in [2.45, 2.75) is 24.2 Å². The van der Waals surface area contributed by atoms with E-state index < -0.39 is 14.9 Å². The SMILES string of the molecule is CNc1ccc(C(=O)N2CCN(S(=O)(=O)c3ccc4c(c3)CCC4)CC2)cc1[N+](=O)[O-]. The fourth-order valence-corrected chi connectivity index (χ4v) is 5.67. The number of carbonyl (C=O) groups is 1. The van der Waals surface area contributed by atoms with Crippen LogP contribution < -0.4 is 5.32 Å². The van der Waals surface area contributed by atoms with Crippen LogP contribution in [-0.2, 0) is 22.9 Å². The molecule has 10 heteroatoms. The average molecular weight is 445 g/mol.